The summed E-state index contributed by atoms with van der Waals surface area (Å²) in [7, 11) is 1.97. The Kier molecular flexibility index (Phi) is 11.5. The molecule has 4 heterocycles. The molecule has 3 saturated carbocycles. The van der Waals surface area contributed by atoms with Crippen molar-refractivity contribution in [2.75, 3.05) is 26.8 Å². The van der Waals surface area contributed by atoms with Gasteiger partial charge in [-0.2, -0.15) is 0 Å². The topological polar surface area (TPSA) is 129 Å². The smallest absolute Gasteiger partial charge is 0.160 e. The van der Waals surface area contributed by atoms with Crippen LogP contribution in [0.3, 0.4) is 0 Å². The van der Waals surface area contributed by atoms with Gasteiger partial charge in [-0.05, 0) is 149 Å². The van der Waals surface area contributed by atoms with Crippen molar-refractivity contribution in [3.63, 3.8) is 0 Å². The highest BCUT2D eigenvalue weighted by Crippen LogP contribution is 2.75. The van der Waals surface area contributed by atoms with E-state index in [-0.39, 0.29) is 52.0 Å². The number of aryl methyl sites for hydroxylation is 1. The molecule has 0 spiro atoms. The molecule has 0 radical (unpaired) electrons. The molecule has 11 atom stereocenters. The normalized spacial score (nSPS) is 36.3. The third-order valence-electron chi connectivity index (χ3n) is 18.9. The SMILES string of the molecule is CCc1c(Cc2cc(C)cc(C3CCOCC3)c2)c2[nH]ccc2n1CC1C2=C(C(C)CC(O)C3OC3(C)C)C(=O)CC2(C)C2(C)CCC3C(C)(CCNC)C(=O)CCC3(C)C2C1O. The first kappa shape index (κ1) is 45.1. The molecule has 0 amide bonds. The average molecular weight is 864 g/mol. The van der Waals surface area contributed by atoms with Gasteiger partial charge in [0.2, 0.25) is 0 Å². The number of Topliss-reactive ketones (excluding diaryl/α,β-unsaturated/α-hetero) is 2. The van der Waals surface area contributed by atoms with Crippen LogP contribution in [0.2, 0.25) is 0 Å². The second-order valence-corrected chi connectivity index (χ2v) is 22.8. The van der Waals surface area contributed by atoms with Crippen molar-refractivity contribution in [3.8, 4) is 0 Å². The highest BCUT2D eigenvalue weighted by Gasteiger charge is 2.72. The van der Waals surface area contributed by atoms with Crippen molar-refractivity contribution in [2.24, 2.45) is 45.3 Å². The lowest BCUT2D eigenvalue weighted by Crippen LogP contribution is -2.68. The fourth-order valence-electron chi connectivity index (χ4n) is 15.6. The zero-order valence-electron chi connectivity index (χ0n) is 40.1. The molecule has 2 aromatic heterocycles. The van der Waals surface area contributed by atoms with Crippen LogP contribution in [0, 0.1) is 52.3 Å². The molecule has 2 saturated heterocycles. The van der Waals surface area contributed by atoms with Gasteiger partial charge in [0.15, 0.2) is 5.78 Å². The van der Waals surface area contributed by atoms with E-state index in [9.17, 15) is 19.8 Å². The standard InChI is InChI=1S/C54H77N3O6/c1-11-38-36(28-33-24-31(2)25-35(27-33)34-15-22-62-23-16-34)46-39(14-20-56-46)57(38)30-37-45-44(32(3)26-40(58)49-50(4,5)63-49)41(59)29-54(45,9)53(8)18-12-42-51(6,19-21-55-10)43(60)13-17-52(42,7)48(53)47(37)61/h14,20,24-25,27,32,34,37,40,42,47-49,55-56,58,61H,11-13,15-19,21-23,26,28-30H2,1-10H3. The molecule has 9 nitrogen and oxygen atoms in total. The zero-order chi connectivity index (χ0) is 45.0. The van der Waals surface area contributed by atoms with Crippen LogP contribution in [0.4, 0.5) is 0 Å². The number of fused-ring (bicyclic) bond motifs is 6. The van der Waals surface area contributed by atoms with Gasteiger partial charge in [0, 0.05) is 73.2 Å². The summed E-state index contributed by atoms with van der Waals surface area (Å²) in [5, 5.41) is 28.5. The van der Waals surface area contributed by atoms with Gasteiger partial charge in [-0.3, -0.25) is 9.59 Å². The first-order valence-electron chi connectivity index (χ1n) is 24.7. The lowest BCUT2D eigenvalue weighted by Gasteiger charge is -2.70. The molecule has 6 aliphatic rings. The number of rotatable bonds is 13. The summed E-state index contributed by atoms with van der Waals surface area (Å²) in [6.07, 6.45) is 8.79. The Morgan fingerprint density at radius 1 is 1.03 bits per heavy atom. The number of carbonyl (C=O) groups is 2. The third-order valence-corrected chi connectivity index (χ3v) is 18.9. The molecule has 1 aromatic carbocycles. The van der Waals surface area contributed by atoms with Crippen LogP contribution in [-0.2, 0) is 38.4 Å². The number of ketones is 2. The number of epoxide rings is 1. The summed E-state index contributed by atoms with van der Waals surface area (Å²) in [5.74, 6) is 0.533. The molecule has 0 bridgehead atoms. The largest absolute Gasteiger partial charge is 0.392 e. The molecule has 4 N–H and O–H groups in total. The first-order chi connectivity index (χ1) is 29.8. The van der Waals surface area contributed by atoms with Crippen LogP contribution >= 0.6 is 0 Å². The van der Waals surface area contributed by atoms with E-state index < -0.39 is 23.0 Å². The van der Waals surface area contributed by atoms with Crippen LogP contribution in [0.1, 0.15) is 147 Å². The molecule has 2 aliphatic heterocycles. The first-order valence-corrected chi connectivity index (χ1v) is 24.7. The molecule has 9 heteroatoms. The van der Waals surface area contributed by atoms with E-state index in [1.165, 1.54) is 27.9 Å². The van der Waals surface area contributed by atoms with Gasteiger partial charge in [0.25, 0.3) is 0 Å². The fraction of sp³-hybridized carbons (Fsp3) is 0.704. The van der Waals surface area contributed by atoms with Crippen molar-refractivity contribution in [3.05, 3.63) is 69.6 Å². The fourth-order valence-corrected chi connectivity index (χ4v) is 15.6. The molecule has 5 fully saturated rings. The maximum atomic E-state index is 15.0. The number of ether oxygens (including phenoxy) is 2. The van der Waals surface area contributed by atoms with Gasteiger partial charge < -0.3 is 34.6 Å². The van der Waals surface area contributed by atoms with Gasteiger partial charge in [-0.25, -0.2) is 0 Å². The number of aromatic nitrogens is 2. The zero-order valence-corrected chi connectivity index (χ0v) is 40.1. The Bertz CT molecular complexity index is 2300. The second kappa shape index (κ2) is 16.1. The van der Waals surface area contributed by atoms with Gasteiger partial charge in [0.1, 0.15) is 11.9 Å². The maximum Gasteiger partial charge on any atom is 0.160 e. The summed E-state index contributed by atoms with van der Waals surface area (Å²) in [6, 6.07) is 9.33. The van der Waals surface area contributed by atoms with Crippen molar-refractivity contribution < 1.29 is 29.3 Å². The monoisotopic (exact) mass is 864 g/mol. The summed E-state index contributed by atoms with van der Waals surface area (Å²) in [4.78, 5) is 32.7. The minimum absolute atomic E-state index is 0.115. The predicted octanol–water partition coefficient (Wildman–Crippen LogP) is 9.17. The van der Waals surface area contributed by atoms with Crippen LogP contribution < -0.4 is 5.32 Å². The number of aromatic amines is 1. The highest BCUT2D eigenvalue weighted by atomic mass is 16.6. The van der Waals surface area contributed by atoms with Crippen LogP contribution in [0.15, 0.2) is 41.6 Å². The number of nitrogens with zero attached hydrogens (tertiary/aromatic N) is 1. The molecular formula is C54H77N3O6. The van der Waals surface area contributed by atoms with Crippen LogP contribution in [0.25, 0.3) is 11.0 Å². The van der Waals surface area contributed by atoms with E-state index in [0.717, 1.165) is 93.3 Å². The lowest BCUT2D eigenvalue weighted by molar-refractivity contribution is -0.222. The Hall–Kier alpha value is -3.08. The Morgan fingerprint density at radius 3 is 2.44 bits per heavy atom. The summed E-state index contributed by atoms with van der Waals surface area (Å²) in [5.41, 5.74) is 8.80. The molecule has 9 rings (SSSR count). The third kappa shape index (κ3) is 7.02. The number of nitrogens with one attached hydrogen (secondary N) is 2. The average Bonchev–Trinajstić information content (AvgIpc) is 3.48. The number of allylic oxidation sites excluding steroid dienone is 1. The molecule has 3 aromatic rings. The van der Waals surface area contributed by atoms with E-state index in [1.54, 1.807) is 0 Å². The summed E-state index contributed by atoms with van der Waals surface area (Å²) in [6.45, 7) is 22.9. The van der Waals surface area contributed by atoms with E-state index in [0.29, 0.717) is 37.5 Å². The van der Waals surface area contributed by atoms with Crippen LogP contribution in [-0.4, -0.2) is 82.0 Å². The molecular weight excluding hydrogens is 787 g/mol. The van der Waals surface area contributed by atoms with Gasteiger partial charge in [-0.15, -0.1) is 0 Å². The second-order valence-electron chi connectivity index (χ2n) is 22.8. The Balaban J connectivity index is 1.17. The number of H-pyrrole nitrogens is 1. The Labute approximate surface area is 376 Å². The molecule has 11 unspecified atom stereocenters. The molecule has 63 heavy (non-hydrogen) atoms. The number of hydrogen-bond donors (Lipinski definition) is 4. The number of hydrogen-bond acceptors (Lipinski definition) is 7. The van der Waals surface area contributed by atoms with E-state index >= 15 is 0 Å². The van der Waals surface area contributed by atoms with E-state index in [1.807, 2.05) is 20.9 Å². The number of aliphatic hydroxyl groups is 2. The van der Waals surface area contributed by atoms with Gasteiger partial charge >= 0.3 is 0 Å². The number of aliphatic hydroxyl groups excluding tert-OH is 2. The van der Waals surface area contributed by atoms with Crippen molar-refractivity contribution in [1.29, 1.82) is 0 Å². The minimum atomic E-state index is -0.736. The quantitative estimate of drug-likeness (QED) is 0.126. The van der Waals surface area contributed by atoms with E-state index in [4.69, 9.17) is 9.47 Å². The van der Waals surface area contributed by atoms with Gasteiger partial charge in [0.05, 0.1) is 28.8 Å². The predicted molar refractivity (Wildman–Crippen MR) is 249 cm³/mol. The number of benzene rings is 1. The molecule has 4 aliphatic carbocycles. The highest BCUT2D eigenvalue weighted by molar-refractivity contribution is 6.01. The van der Waals surface area contributed by atoms with Crippen molar-refractivity contribution in [1.82, 2.24) is 14.9 Å². The summed E-state index contributed by atoms with van der Waals surface area (Å²) < 4.78 is 14.1. The van der Waals surface area contributed by atoms with Crippen molar-refractivity contribution in [2.45, 2.75) is 169 Å². The summed E-state index contributed by atoms with van der Waals surface area (Å²) >= 11 is 0. The number of carbonyl (C=O) groups excluding carboxylic acids is 2. The van der Waals surface area contributed by atoms with Gasteiger partial charge in [-0.1, -0.05) is 65.3 Å². The Morgan fingerprint density at radius 2 is 1.76 bits per heavy atom. The minimum Gasteiger partial charge on any atom is -0.392 e. The maximum absolute atomic E-state index is 15.0. The lowest BCUT2D eigenvalue weighted by atomic mass is 9.34. The van der Waals surface area contributed by atoms with E-state index in [2.05, 4.69) is 93.8 Å². The van der Waals surface area contributed by atoms with Crippen molar-refractivity contribution >= 4 is 22.6 Å². The molecule has 344 valence electrons. The van der Waals surface area contributed by atoms with Crippen LogP contribution in [0.5, 0.6) is 0 Å².